The molecule has 0 aromatic heterocycles. The molecule has 1 atom stereocenters. The summed E-state index contributed by atoms with van der Waals surface area (Å²) in [4.78, 5) is 27.8. The number of nitrogens with one attached hydrogen (secondary N) is 1. The molecule has 1 N–H and O–H groups in total. The van der Waals surface area contributed by atoms with Crippen LogP contribution in [0.1, 0.15) is 19.4 Å². The van der Waals surface area contributed by atoms with Crippen LogP contribution in [0.3, 0.4) is 0 Å². The number of halogens is 3. The topological polar surface area (TPSA) is 86.8 Å². The van der Waals surface area contributed by atoms with E-state index >= 15 is 0 Å². The Labute approximate surface area is 232 Å². The number of carbonyl (C=O) groups excluding carboxylic acids is 2. The first-order valence-electron chi connectivity index (χ1n) is 11.4. The monoisotopic (exact) mass is 581 g/mol. The maximum Gasteiger partial charge on any atom is 0.264 e. The third-order valence-electron chi connectivity index (χ3n) is 5.56. The van der Waals surface area contributed by atoms with Gasteiger partial charge in [-0.1, -0.05) is 65.1 Å². The second kappa shape index (κ2) is 12.6. The van der Waals surface area contributed by atoms with Gasteiger partial charge in [0.05, 0.1) is 20.6 Å². The Hall–Kier alpha value is -2.78. The van der Waals surface area contributed by atoms with Gasteiger partial charge in [0.15, 0.2) is 0 Å². The molecule has 0 aliphatic rings. The normalized spacial score (nSPS) is 12.0. The van der Waals surface area contributed by atoms with Gasteiger partial charge in [0, 0.05) is 18.1 Å². The zero-order valence-corrected chi connectivity index (χ0v) is 23.3. The Bertz CT molecular complexity index is 1370. The molecule has 3 aromatic carbocycles. The molecule has 3 rings (SSSR count). The van der Waals surface area contributed by atoms with Crippen molar-refractivity contribution in [1.82, 2.24) is 10.2 Å². The highest BCUT2D eigenvalue weighted by molar-refractivity contribution is 7.92. The van der Waals surface area contributed by atoms with Gasteiger partial charge in [0.25, 0.3) is 10.0 Å². The van der Waals surface area contributed by atoms with E-state index in [1.54, 1.807) is 68.4 Å². The van der Waals surface area contributed by atoms with Crippen molar-refractivity contribution >= 4 is 62.3 Å². The van der Waals surface area contributed by atoms with Gasteiger partial charge in [-0.15, -0.1) is 0 Å². The fraction of sp³-hybridized carbons (Fsp3) is 0.231. The highest BCUT2D eigenvalue weighted by atomic mass is 35.5. The fourth-order valence-corrected chi connectivity index (χ4v) is 5.55. The van der Waals surface area contributed by atoms with Crippen LogP contribution in [0, 0.1) is 0 Å². The first-order valence-corrected chi connectivity index (χ1v) is 14.0. The van der Waals surface area contributed by atoms with Gasteiger partial charge in [0.2, 0.25) is 11.8 Å². The maximum absolute atomic E-state index is 13.7. The Balaban J connectivity index is 2.03. The number of benzene rings is 3. The van der Waals surface area contributed by atoms with Crippen LogP contribution in [0.15, 0.2) is 77.7 Å². The predicted octanol–water partition coefficient (Wildman–Crippen LogP) is 5.40. The molecule has 2 amide bonds. The first kappa shape index (κ1) is 28.8. The number of likely N-dealkylation sites (N-methyl/N-ethyl adjacent to an activating group) is 1. The largest absolute Gasteiger partial charge is 0.355 e. The minimum absolute atomic E-state index is 0.00277. The summed E-state index contributed by atoms with van der Waals surface area (Å²) in [6, 6.07) is 18.0. The average Bonchev–Trinajstić information content (AvgIpc) is 2.87. The first-order chi connectivity index (χ1) is 17.5. The third-order valence-corrected chi connectivity index (χ3v) is 8.32. The summed E-state index contributed by atoms with van der Waals surface area (Å²) in [5.74, 6) is -0.972. The lowest BCUT2D eigenvalue weighted by molar-refractivity contribution is -0.139. The molecule has 0 aliphatic heterocycles. The van der Waals surface area contributed by atoms with E-state index in [1.807, 2.05) is 0 Å². The van der Waals surface area contributed by atoms with Crippen LogP contribution in [0.25, 0.3) is 0 Å². The molecule has 0 spiro atoms. The van der Waals surface area contributed by atoms with Crippen LogP contribution in [0.2, 0.25) is 15.1 Å². The van der Waals surface area contributed by atoms with Crippen LogP contribution in [0.4, 0.5) is 5.69 Å². The SMILES string of the molecule is CCNC(=O)[C@H](C)N(Cc1ccc(Cl)c(Cl)c1)C(=O)CN(c1cccc(Cl)c1)S(=O)(=O)c1ccccc1. The van der Waals surface area contributed by atoms with E-state index in [2.05, 4.69) is 5.32 Å². The van der Waals surface area contributed by atoms with Crippen LogP contribution in [-0.4, -0.2) is 44.3 Å². The molecule has 0 bridgehead atoms. The number of anilines is 1. The van der Waals surface area contributed by atoms with Crippen molar-refractivity contribution in [3.05, 3.63) is 93.4 Å². The molecule has 7 nitrogen and oxygen atoms in total. The van der Waals surface area contributed by atoms with Crippen molar-refractivity contribution in [3.8, 4) is 0 Å². The highest BCUT2D eigenvalue weighted by Gasteiger charge is 2.32. The van der Waals surface area contributed by atoms with Crippen LogP contribution >= 0.6 is 34.8 Å². The van der Waals surface area contributed by atoms with Crippen molar-refractivity contribution in [3.63, 3.8) is 0 Å². The zero-order valence-electron chi connectivity index (χ0n) is 20.2. The quantitative estimate of drug-likeness (QED) is 0.347. The number of hydrogen-bond donors (Lipinski definition) is 1. The second-order valence-electron chi connectivity index (χ2n) is 8.15. The number of hydrogen-bond acceptors (Lipinski definition) is 4. The van der Waals surface area contributed by atoms with Crippen molar-refractivity contribution in [1.29, 1.82) is 0 Å². The minimum atomic E-state index is -4.15. The van der Waals surface area contributed by atoms with Gasteiger partial charge >= 0.3 is 0 Å². The van der Waals surface area contributed by atoms with Crippen molar-refractivity contribution in [2.24, 2.45) is 0 Å². The predicted molar refractivity (Wildman–Crippen MR) is 148 cm³/mol. The molecule has 0 heterocycles. The fourth-order valence-electron chi connectivity index (χ4n) is 3.62. The lowest BCUT2D eigenvalue weighted by Gasteiger charge is -2.32. The smallest absolute Gasteiger partial charge is 0.264 e. The second-order valence-corrected chi connectivity index (χ2v) is 11.3. The van der Waals surface area contributed by atoms with Gasteiger partial charge < -0.3 is 10.2 Å². The molecule has 196 valence electrons. The summed E-state index contributed by atoms with van der Waals surface area (Å²) in [5, 5.41) is 3.66. The Morgan fingerprint density at radius 1 is 0.919 bits per heavy atom. The minimum Gasteiger partial charge on any atom is -0.355 e. The van der Waals surface area contributed by atoms with Gasteiger partial charge in [-0.05, 0) is 61.9 Å². The summed E-state index contributed by atoms with van der Waals surface area (Å²) < 4.78 is 28.3. The Morgan fingerprint density at radius 2 is 1.62 bits per heavy atom. The van der Waals surface area contributed by atoms with E-state index in [4.69, 9.17) is 34.8 Å². The molecular weight excluding hydrogens is 557 g/mol. The lowest BCUT2D eigenvalue weighted by Crippen LogP contribution is -2.51. The Kier molecular flexibility index (Phi) is 9.84. The van der Waals surface area contributed by atoms with Crippen LogP contribution in [0.5, 0.6) is 0 Å². The summed E-state index contributed by atoms with van der Waals surface area (Å²) in [6.45, 7) is 3.15. The molecule has 0 saturated carbocycles. The van der Waals surface area contributed by atoms with E-state index in [-0.39, 0.29) is 23.0 Å². The average molecular weight is 583 g/mol. The number of nitrogens with zero attached hydrogens (tertiary/aromatic N) is 2. The highest BCUT2D eigenvalue weighted by Crippen LogP contribution is 2.27. The molecule has 37 heavy (non-hydrogen) atoms. The van der Waals surface area contributed by atoms with Gasteiger partial charge in [-0.2, -0.15) is 0 Å². The maximum atomic E-state index is 13.7. The van der Waals surface area contributed by atoms with Crippen LogP contribution < -0.4 is 9.62 Å². The van der Waals surface area contributed by atoms with Gasteiger partial charge in [0.1, 0.15) is 12.6 Å². The standard InChI is InChI=1S/C26H26Cl3N3O4S/c1-3-30-26(34)18(2)31(16-19-12-13-23(28)24(29)14-19)25(33)17-32(21-9-7-8-20(27)15-21)37(35,36)22-10-5-4-6-11-22/h4-15,18H,3,16-17H2,1-2H3,(H,30,34)/t18-/m0/s1. The number of rotatable bonds is 10. The molecule has 0 unspecified atom stereocenters. The van der Waals surface area contributed by atoms with E-state index in [0.717, 1.165) is 4.31 Å². The van der Waals surface area contributed by atoms with E-state index < -0.39 is 28.5 Å². The molecule has 0 saturated heterocycles. The zero-order chi connectivity index (χ0) is 27.2. The summed E-state index contributed by atoms with van der Waals surface area (Å²) in [7, 11) is -4.15. The lowest BCUT2D eigenvalue weighted by atomic mass is 10.1. The van der Waals surface area contributed by atoms with Crippen molar-refractivity contribution < 1.29 is 18.0 Å². The Morgan fingerprint density at radius 3 is 2.24 bits per heavy atom. The van der Waals surface area contributed by atoms with E-state index in [0.29, 0.717) is 27.2 Å². The molecule has 0 fully saturated rings. The summed E-state index contributed by atoms with van der Waals surface area (Å²) >= 11 is 18.3. The number of sulfonamides is 1. The number of amides is 2. The van der Waals surface area contributed by atoms with Crippen molar-refractivity contribution in [2.45, 2.75) is 31.3 Å². The van der Waals surface area contributed by atoms with Gasteiger partial charge in [-0.25, -0.2) is 8.42 Å². The third kappa shape index (κ3) is 7.17. The van der Waals surface area contributed by atoms with Crippen molar-refractivity contribution in [2.75, 3.05) is 17.4 Å². The van der Waals surface area contributed by atoms with E-state index in [9.17, 15) is 18.0 Å². The van der Waals surface area contributed by atoms with E-state index in [1.165, 1.54) is 23.1 Å². The summed E-state index contributed by atoms with van der Waals surface area (Å²) in [5.41, 5.74) is 0.837. The molecule has 3 aromatic rings. The molecule has 0 aliphatic carbocycles. The number of carbonyl (C=O) groups is 2. The van der Waals surface area contributed by atoms with Gasteiger partial charge in [-0.3, -0.25) is 13.9 Å². The van der Waals surface area contributed by atoms with Crippen LogP contribution in [-0.2, 0) is 26.2 Å². The summed E-state index contributed by atoms with van der Waals surface area (Å²) in [6.07, 6.45) is 0. The molecule has 0 radical (unpaired) electrons. The molecule has 11 heteroatoms. The molecular formula is C26H26Cl3N3O4S.